The summed E-state index contributed by atoms with van der Waals surface area (Å²) in [6.45, 7) is 0.414. The van der Waals surface area contributed by atoms with Gasteiger partial charge in [-0.2, -0.15) is 0 Å². The number of aliphatic hydroxyl groups excluding tert-OH is 2. The van der Waals surface area contributed by atoms with Gasteiger partial charge in [-0.25, -0.2) is 4.39 Å². The van der Waals surface area contributed by atoms with Crippen LogP contribution in [0.5, 0.6) is 0 Å². The molecule has 2 aromatic rings. The van der Waals surface area contributed by atoms with E-state index in [2.05, 4.69) is 0 Å². The zero-order valence-corrected chi connectivity index (χ0v) is 16.3. The number of rotatable bonds is 5. The highest BCUT2D eigenvalue weighted by Gasteiger charge is 2.43. The molecule has 0 unspecified atom stereocenters. The second-order valence-corrected chi connectivity index (χ2v) is 7.80. The third kappa shape index (κ3) is 4.18. The number of benzene rings is 2. The van der Waals surface area contributed by atoms with Crippen molar-refractivity contribution in [2.45, 2.75) is 18.9 Å². The summed E-state index contributed by atoms with van der Waals surface area (Å²) in [6, 6.07) is 13.4. The zero-order chi connectivity index (χ0) is 20.3. The molecule has 0 bridgehead atoms. The van der Waals surface area contributed by atoms with E-state index in [0.29, 0.717) is 24.9 Å². The van der Waals surface area contributed by atoms with Crippen molar-refractivity contribution < 1.29 is 19.4 Å². The van der Waals surface area contributed by atoms with Crippen LogP contribution < -0.4 is 4.90 Å². The highest BCUT2D eigenvalue weighted by molar-refractivity contribution is 5.95. The van der Waals surface area contributed by atoms with Gasteiger partial charge in [-0.1, -0.05) is 18.2 Å². The summed E-state index contributed by atoms with van der Waals surface area (Å²) in [4.78, 5) is 16.7. The first-order chi connectivity index (χ1) is 13.3. The Hall–Kier alpha value is -2.44. The maximum atomic E-state index is 13.2. The van der Waals surface area contributed by atoms with Crippen molar-refractivity contribution in [2.75, 3.05) is 38.7 Å². The normalized spacial score (nSPS) is 22.2. The molecule has 1 aliphatic heterocycles. The Kier molecular flexibility index (Phi) is 6.01. The van der Waals surface area contributed by atoms with Gasteiger partial charge in [0, 0.05) is 43.9 Å². The fraction of sp³-hybridized carbons (Fsp3) is 0.409. The Bertz CT molecular complexity index is 825. The number of likely N-dealkylation sites (tertiary alicyclic amines) is 1. The van der Waals surface area contributed by atoms with E-state index in [1.807, 2.05) is 37.2 Å². The predicted molar refractivity (Wildman–Crippen MR) is 107 cm³/mol. The number of anilines is 1. The molecular weight excluding hydrogens is 359 g/mol. The Morgan fingerprint density at radius 3 is 2.61 bits per heavy atom. The molecule has 0 radical (unpaired) electrons. The molecule has 0 aliphatic carbocycles. The molecule has 6 heteroatoms. The number of hydrogen-bond acceptors (Lipinski definition) is 4. The predicted octanol–water partition coefficient (Wildman–Crippen LogP) is 2.32. The first kappa shape index (κ1) is 20.3. The van der Waals surface area contributed by atoms with Gasteiger partial charge in [0.2, 0.25) is 0 Å². The monoisotopic (exact) mass is 386 g/mol. The first-order valence-corrected chi connectivity index (χ1v) is 9.45. The topological polar surface area (TPSA) is 64.0 Å². The Morgan fingerprint density at radius 2 is 1.96 bits per heavy atom. The van der Waals surface area contributed by atoms with Crippen LogP contribution in [0.1, 0.15) is 22.3 Å². The van der Waals surface area contributed by atoms with Gasteiger partial charge >= 0.3 is 0 Å². The van der Waals surface area contributed by atoms with Crippen molar-refractivity contribution in [3.63, 3.8) is 0 Å². The molecule has 150 valence electrons. The maximum Gasteiger partial charge on any atom is 0.253 e. The van der Waals surface area contributed by atoms with Gasteiger partial charge in [-0.05, 0) is 48.7 Å². The number of carbonyl (C=O) groups is 1. The standard InChI is InChI=1S/C22H27FN2O3/c1-24(2)19-5-3-4-17(12-19)21(28)25-11-10-20(27)22(14-25,15-26)13-16-6-8-18(23)9-7-16/h3-9,12,20,26-27H,10-11,13-15H2,1-2H3/t20-,22-/m0/s1. The lowest BCUT2D eigenvalue weighted by molar-refractivity contribution is -0.0668. The van der Waals surface area contributed by atoms with Crippen LogP contribution in [0.15, 0.2) is 48.5 Å². The van der Waals surface area contributed by atoms with Crippen LogP contribution in [0.2, 0.25) is 0 Å². The summed E-state index contributed by atoms with van der Waals surface area (Å²) in [5, 5.41) is 20.8. The number of aliphatic hydroxyl groups is 2. The molecule has 5 nitrogen and oxygen atoms in total. The number of amides is 1. The third-order valence-electron chi connectivity index (χ3n) is 5.57. The van der Waals surface area contributed by atoms with E-state index < -0.39 is 11.5 Å². The average Bonchev–Trinajstić information content (AvgIpc) is 2.71. The molecule has 0 saturated carbocycles. The van der Waals surface area contributed by atoms with Crippen molar-refractivity contribution >= 4 is 11.6 Å². The zero-order valence-electron chi connectivity index (χ0n) is 16.3. The third-order valence-corrected chi connectivity index (χ3v) is 5.57. The molecule has 3 rings (SSSR count). The van der Waals surface area contributed by atoms with Crippen molar-refractivity contribution in [3.8, 4) is 0 Å². The van der Waals surface area contributed by atoms with Gasteiger partial charge in [0.05, 0.1) is 12.7 Å². The van der Waals surface area contributed by atoms with Crippen LogP contribution in [-0.4, -0.2) is 60.9 Å². The minimum atomic E-state index is -0.870. The van der Waals surface area contributed by atoms with Crippen LogP contribution >= 0.6 is 0 Å². The van der Waals surface area contributed by atoms with E-state index in [0.717, 1.165) is 11.3 Å². The number of carbonyl (C=O) groups excluding carboxylic acids is 1. The highest BCUT2D eigenvalue weighted by Crippen LogP contribution is 2.34. The van der Waals surface area contributed by atoms with Gasteiger partial charge in [0.25, 0.3) is 5.91 Å². The molecule has 2 atom stereocenters. The first-order valence-electron chi connectivity index (χ1n) is 9.45. The molecule has 28 heavy (non-hydrogen) atoms. The van der Waals surface area contributed by atoms with Crippen LogP contribution in [0.25, 0.3) is 0 Å². The Labute approximate surface area is 165 Å². The van der Waals surface area contributed by atoms with E-state index in [4.69, 9.17) is 0 Å². The Balaban J connectivity index is 1.83. The summed E-state index contributed by atoms with van der Waals surface area (Å²) in [7, 11) is 3.83. The molecule has 1 aliphatic rings. The summed E-state index contributed by atoms with van der Waals surface area (Å²) < 4.78 is 13.2. The average molecular weight is 386 g/mol. The molecule has 1 amide bonds. The molecule has 0 aromatic heterocycles. The van der Waals surface area contributed by atoms with Crippen molar-refractivity contribution in [1.29, 1.82) is 0 Å². The lowest BCUT2D eigenvalue weighted by Crippen LogP contribution is -2.56. The van der Waals surface area contributed by atoms with Crippen LogP contribution in [0, 0.1) is 11.2 Å². The number of hydrogen-bond donors (Lipinski definition) is 2. The fourth-order valence-corrected chi connectivity index (χ4v) is 3.82. The molecule has 0 spiro atoms. The van der Waals surface area contributed by atoms with E-state index in [-0.39, 0.29) is 24.9 Å². The molecule has 2 aromatic carbocycles. The molecule has 2 N–H and O–H groups in total. The lowest BCUT2D eigenvalue weighted by atomic mass is 9.73. The lowest BCUT2D eigenvalue weighted by Gasteiger charge is -2.45. The largest absolute Gasteiger partial charge is 0.396 e. The molecule has 1 fully saturated rings. The highest BCUT2D eigenvalue weighted by atomic mass is 19.1. The van der Waals surface area contributed by atoms with Gasteiger partial charge in [-0.15, -0.1) is 0 Å². The summed E-state index contributed by atoms with van der Waals surface area (Å²) in [6.07, 6.45) is 0.0209. The molecule has 1 heterocycles. The Morgan fingerprint density at radius 1 is 1.25 bits per heavy atom. The summed E-state index contributed by atoms with van der Waals surface area (Å²) in [5.74, 6) is -0.448. The molecular formula is C22H27FN2O3. The van der Waals surface area contributed by atoms with Crippen molar-refractivity contribution in [3.05, 3.63) is 65.5 Å². The van der Waals surface area contributed by atoms with E-state index in [1.54, 1.807) is 23.1 Å². The second-order valence-electron chi connectivity index (χ2n) is 7.80. The van der Waals surface area contributed by atoms with E-state index >= 15 is 0 Å². The fourth-order valence-electron chi connectivity index (χ4n) is 3.82. The smallest absolute Gasteiger partial charge is 0.253 e. The van der Waals surface area contributed by atoms with Gasteiger partial charge in [0.1, 0.15) is 5.82 Å². The van der Waals surface area contributed by atoms with Crippen molar-refractivity contribution in [1.82, 2.24) is 4.90 Å². The number of piperidine rings is 1. The quantitative estimate of drug-likeness (QED) is 0.828. The summed E-state index contributed by atoms with van der Waals surface area (Å²) >= 11 is 0. The minimum Gasteiger partial charge on any atom is -0.396 e. The van der Waals surface area contributed by atoms with Crippen LogP contribution in [0.3, 0.4) is 0 Å². The second kappa shape index (κ2) is 8.29. The van der Waals surface area contributed by atoms with Crippen LogP contribution in [-0.2, 0) is 6.42 Å². The van der Waals surface area contributed by atoms with E-state index in [1.165, 1.54) is 12.1 Å². The number of halogens is 1. The SMILES string of the molecule is CN(C)c1cccc(C(=O)N2CC[C@H](O)[C@@](CO)(Cc3ccc(F)cc3)C2)c1. The summed E-state index contributed by atoms with van der Waals surface area (Å²) in [5.41, 5.74) is 1.46. The maximum absolute atomic E-state index is 13.2. The minimum absolute atomic E-state index is 0.118. The molecule has 1 saturated heterocycles. The van der Waals surface area contributed by atoms with Crippen LogP contribution in [0.4, 0.5) is 10.1 Å². The van der Waals surface area contributed by atoms with Gasteiger partial charge < -0.3 is 20.0 Å². The van der Waals surface area contributed by atoms with Gasteiger partial charge in [-0.3, -0.25) is 4.79 Å². The number of nitrogens with zero attached hydrogens (tertiary/aromatic N) is 2. The van der Waals surface area contributed by atoms with E-state index in [9.17, 15) is 19.4 Å². The van der Waals surface area contributed by atoms with Crippen molar-refractivity contribution in [2.24, 2.45) is 5.41 Å². The van der Waals surface area contributed by atoms with Gasteiger partial charge in [0.15, 0.2) is 0 Å².